The first-order valence-corrected chi connectivity index (χ1v) is 21.3. The minimum absolute atomic E-state index is 0.00366. The smallest absolute Gasteiger partial charge is 0.229 e. The van der Waals surface area contributed by atoms with Gasteiger partial charge in [-0.3, -0.25) is 9.69 Å². The molecule has 2 aromatic heterocycles. The van der Waals surface area contributed by atoms with E-state index in [1.54, 1.807) is 32.7 Å². The summed E-state index contributed by atoms with van der Waals surface area (Å²) in [6.45, 7) is 12.1. The first-order valence-electron chi connectivity index (χ1n) is 17.9. The number of pyridine rings is 1. The monoisotopic (exact) mass is 775 g/mol. The number of carbonyl (C=O) groups excluding carboxylic acids is 1. The van der Waals surface area contributed by atoms with Crippen LogP contribution in [0.25, 0.3) is 10.9 Å². The molecule has 2 saturated heterocycles. The predicted molar refractivity (Wildman–Crippen MR) is 211 cm³/mol. The van der Waals surface area contributed by atoms with Crippen LogP contribution < -0.4 is 36.2 Å². The van der Waals surface area contributed by atoms with E-state index >= 15 is 0 Å². The first kappa shape index (κ1) is 35.6. The minimum atomic E-state index is -2.81. The van der Waals surface area contributed by atoms with E-state index in [-0.39, 0.29) is 11.8 Å². The van der Waals surface area contributed by atoms with Crippen LogP contribution in [0.2, 0.25) is 0 Å². The highest BCUT2D eigenvalue weighted by molar-refractivity contribution is 9.10. The Bertz CT molecular complexity index is 1970. The fourth-order valence-electron chi connectivity index (χ4n) is 7.25. The van der Waals surface area contributed by atoms with E-state index in [2.05, 4.69) is 76.0 Å². The largest absolute Gasteiger partial charge is 0.494 e. The molecule has 3 fully saturated rings. The van der Waals surface area contributed by atoms with Crippen molar-refractivity contribution in [2.45, 2.75) is 45.1 Å². The van der Waals surface area contributed by atoms with E-state index in [9.17, 15) is 9.36 Å². The normalized spacial score (nSPS) is 17.4. The van der Waals surface area contributed by atoms with Crippen molar-refractivity contribution in [1.29, 1.82) is 0 Å². The molecule has 1 saturated carbocycles. The lowest BCUT2D eigenvalue weighted by Crippen LogP contribution is -2.52. The van der Waals surface area contributed by atoms with Gasteiger partial charge in [0.1, 0.15) is 24.5 Å². The van der Waals surface area contributed by atoms with E-state index in [4.69, 9.17) is 9.72 Å². The molecule has 3 aliphatic rings. The van der Waals surface area contributed by atoms with E-state index < -0.39 is 7.14 Å². The topological polar surface area (TPSA) is 137 Å². The predicted octanol–water partition coefficient (Wildman–Crippen LogP) is 6.32. The number of hydrogen-bond acceptors (Lipinski definition) is 11. The molecule has 1 aliphatic carbocycles. The molecule has 1 amide bonds. The average molecular weight is 777 g/mol. The van der Waals surface area contributed by atoms with Crippen molar-refractivity contribution in [3.05, 3.63) is 52.6 Å². The van der Waals surface area contributed by atoms with E-state index in [1.807, 2.05) is 18.2 Å². The highest BCUT2D eigenvalue weighted by atomic mass is 79.9. The number of rotatable bonds is 11. The number of methoxy groups -OCH3 is 1. The van der Waals surface area contributed by atoms with Gasteiger partial charge in [0, 0.05) is 79.9 Å². The molecule has 7 rings (SSSR count). The molecule has 2 aromatic carbocycles. The highest BCUT2D eigenvalue weighted by Crippen LogP contribution is 2.42. The number of anilines is 6. The van der Waals surface area contributed by atoms with Crippen LogP contribution in [0, 0.1) is 5.92 Å². The van der Waals surface area contributed by atoms with Gasteiger partial charge in [0.2, 0.25) is 11.9 Å². The maximum Gasteiger partial charge on any atom is 0.229 e. The summed E-state index contributed by atoms with van der Waals surface area (Å²) in [5, 5.41) is 14.6. The summed E-state index contributed by atoms with van der Waals surface area (Å²) >= 11 is 3.61. The zero-order valence-electron chi connectivity index (χ0n) is 29.8. The van der Waals surface area contributed by atoms with Crippen molar-refractivity contribution < 1.29 is 14.1 Å². The van der Waals surface area contributed by atoms with Gasteiger partial charge in [0.25, 0.3) is 0 Å². The van der Waals surface area contributed by atoms with Gasteiger partial charge in [0.15, 0.2) is 0 Å². The number of hydrogen-bond donors (Lipinski definition) is 4. The zero-order valence-corrected chi connectivity index (χ0v) is 32.2. The Kier molecular flexibility index (Phi) is 10.5. The van der Waals surface area contributed by atoms with Crippen molar-refractivity contribution in [1.82, 2.24) is 25.2 Å². The van der Waals surface area contributed by atoms with Crippen molar-refractivity contribution in [2.75, 3.05) is 80.6 Å². The summed E-state index contributed by atoms with van der Waals surface area (Å²) in [5.74, 6) is 2.20. The summed E-state index contributed by atoms with van der Waals surface area (Å²) in [4.78, 5) is 31.5. The lowest BCUT2D eigenvalue weighted by atomic mass is 9.99. The average Bonchev–Trinajstić information content (AvgIpc) is 3.99. The van der Waals surface area contributed by atoms with Crippen LogP contribution in [-0.4, -0.2) is 91.5 Å². The van der Waals surface area contributed by atoms with Crippen molar-refractivity contribution >= 4 is 79.8 Å². The number of carbonyl (C=O) groups is 1. The summed E-state index contributed by atoms with van der Waals surface area (Å²) in [5.41, 5.74) is 4.56. The Morgan fingerprint density at radius 1 is 1.00 bits per heavy atom. The van der Waals surface area contributed by atoms with Crippen molar-refractivity contribution in [3.63, 3.8) is 0 Å². The molecular weight excluding hydrogens is 729 g/mol. The second kappa shape index (κ2) is 15.1. The van der Waals surface area contributed by atoms with Gasteiger partial charge in [-0.1, -0.05) is 6.92 Å². The fraction of sp³-hybridized carbons (Fsp3) is 0.459. The van der Waals surface area contributed by atoms with E-state index in [0.29, 0.717) is 44.6 Å². The standard InChI is InChI=1S/C37H47BrN9O3P/c1-5-23-20-30(32(50-2)21-31(23)47-16-12-25(13-17-47)46-18-14-39-15-19-46)43-37-40-22-27(38)35(45-37)42-29-10-9-28-26(34(29)51(3,4)49)8-11-33(41-28)44-36(48)24-6-7-24/h8-11,20-22,24-25,39H,5-7,12-19H2,1-4H3,(H,41,44,48)(H2,40,42,43,45). The van der Waals surface area contributed by atoms with Crippen LogP contribution in [0.3, 0.4) is 0 Å². The zero-order chi connectivity index (χ0) is 35.7. The minimum Gasteiger partial charge on any atom is -0.494 e. The summed E-state index contributed by atoms with van der Waals surface area (Å²) < 4.78 is 20.3. The third kappa shape index (κ3) is 8.01. The van der Waals surface area contributed by atoms with Gasteiger partial charge in [-0.2, -0.15) is 4.98 Å². The number of amides is 1. The molecule has 0 unspecified atom stereocenters. The van der Waals surface area contributed by atoms with Gasteiger partial charge in [-0.05, 0) is 97.3 Å². The number of nitrogens with one attached hydrogen (secondary N) is 4. The Balaban J connectivity index is 1.12. The van der Waals surface area contributed by atoms with Crippen LogP contribution in [0.5, 0.6) is 5.75 Å². The number of nitrogens with zero attached hydrogens (tertiary/aromatic N) is 5. The summed E-state index contributed by atoms with van der Waals surface area (Å²) in [6.07, 6.45) is 6.72. The molecule has 4 heterocycles. The molecule has 4 N–H and O–H groups in total. The lowest BCUT2D eigenvalue weighted by Gasteiger charge is -2.41. The molecule has 0 spiro atoms. The Labute approximate surface area is 308 Å². The molecule has 14 heteroatoms. The third-order valence-electron chi connectivity index (χ3n) is 10.1. The highest BCUT2D eigenvalue weighted by Gasteiger charge is 2.30. The number of aromatic nitrogens is 3. The molecule has 4 aromatic rings. The second-order valence-corrected chi connectivity index (χ2v) is 18.0. The van der Waals surface area contributed by atoms with Crippen LogP contribution in [0.1, 0.15) is 38.2 Å². The third-order valence-corrected chi connectivity index (χ3v) is 12.2. The molecule has 0 atom stereocenters. The second-order valence-electron chi connectivity index (χ2n) is 14.0. The fourth-order valence-corrected chi connectivity index (χ4v) is 9.02. The number of ether oxygens (including phenoxy) is 1. The van der Waals surface area contributed by atoms with Crippen LogP contribution in [-0.2, 0) is 15.8 Å². The number of fused-ring (bicyclic) bond motifs is 1. The molecule has 0 radical (unpaired) electrons. The van der Waals surface area contributed by atoms with Crippen LogP contribution >= 0.6 is 23.1 Å². The molecule has 2 aliphatic heterocycles. The molecular formula is C37H47BrN9O3P. The number of piperazine rings is 1. The lowest BCUT2D eigenvalue weighted by molar-refractivity contribution is -0.117. The number of aryl methyl sites for hydroxylation is 1. The summed E-state index contributed by atoms with van der Waals surface area (Å²) in [7, 11) is -1.11. The first-order chi connectivity index (χ1) is 24.6. The van der Waals surface area contributed by atoms with Gasteiger partial charge in [-0.15, -0.1) is 0 Å². The molecule has 12 nitrogen and oxygen atoms in total. The van der Waals surface area contributed by atoms with Crippen molar-refractivity contribution in [3.8, 4) is 5.75 Å². The van der Waals surface area contributed by atoms with Crippen LogP contribution in [0.15, 0.2) is 47.1 Å². The summed E-state index contributed by atoms with van der Waals surface area (Å²) in [6, 6.07) is 12.3. The van der Waals surface area contributed by atoms with Gasteiger partial charge < -0.3 is 35.5 Å². The maximum atomic E-state index is 13.7. The molecule has 270 valence electrons. The SMILES string of the molecule is CCc1cc(Nc2ncc(Br)c(Nc3ccc4nc(NC(=O)C5CC5)ccc4c3P(C)(C)=O)n2)c(OC)cc1N1CCC(N2CCNCC2)CC1. The number of piperidine rings is 1. The number of benzene rings is 2. The maximum absolute atomic E-state index is 13.7. The van der Waals surface area contributed by atoms with Gasteiger partial charge >= 0.3 is 0 Å². The quantitative estimate of drug-likeness (QED) is 0.128. The van der Waals surface area contributed by atoms with Crippen LogP contribution in [0.4, 0.5) is 34.6 Å². The van der Waals surface area contributed by atoms with Gasteiger partial charge in [0.05, 0.1) is 28.5 Å². The molecule has 0 bridgehead atoms. The van der Waals surface area contributed by atoms with E-state index in [0.717, 1.165) is 88.2 Å². The Morgan fingerprint density at radius 3 is 2.45 bits per heavy atom. The van der Waals surface area contributed by atoms with E-state index in [1.165, 1.54) is 11.3 Å². The Morgan fingerprint density at radius 2 is 1.76 bits per heavy atom. The molecule has 51 heavy (non-hydrogen) atoms. The number of halogens is 1. The Hall–Kier alpha value is -3.77. The van der Waals surface area contributed by atoms with Crippen molar-refractivity contribution in [2.24, 2.45) is 5.92 Å². The van der Waals surface area contributed by atoms with Gasteiger partial charge in [-0.25, -0.2) is 9.97 Å².